The van der Waals surface area contributed by atoms with Crippen LogP contribution >= 0.6 is 6.64 Å². The number of rotatable bonds is 2. The van der Waals surface area contributed by atoms with Crippen molar-refractivity contribution in [1.82, 2.24) is 5.09 Å². The van der Waals surface area contributed by atoms with Crippen molar-refractivity contribution in [3.63, 3.8) is 0 Å². The van der Waals surface area contributed by atoms with E-state index in [1.165, 1.54) is 19.2 Å². The van der Waals surface area contributed by atoms with E-state index in [1.54, 1.807) is 0 Å². The van der Waals surface area contributed by atoms with Gasteiger partial charge in [0.25, 0.3) is 6.64 Å². The quantitative estimate of drug-likeness (QED) is 0.832. The molecule has 2 rings (SSSR count). The van der Waals surface area contributed by atoms with Crippen molar-refractivity contribution < 1.29 is 17.8 Å². The Bertz CT molecular complexity index is 457. The Kier molecular flexibility index (Phi) is 3.37. The van der Waals surface area contributed by atoms with Crippen LogP contribution in [0.2, 0.25) is 0 Å². The summed E-state index contributed by atoms with van der Waals surface area (Å²) in [6.45, 7) is -2.11. The fraction of sp³-hybridized carbons (Fsp3) is 0.333. The molecule has 1 aliphatic heterocycles. The van der Waals surface area contributed by atoms with Gasteiger partial charge in [0.15, 0.2) is 0 Å². The van der Waals surface area contributed by atoms with Crippen LogP contribution in [0.3, 0.4) is 0 Å². The van der Waals surface area contributed by atoms with Gasteiger partial charge in [0, 0.05) is 25.3 Å². The molecule has 1 aromatic carbocycles. The third kappa shape index (κ3) is 2.31. The Morgan fingerprint density at radius 2 is 2.31 bits per heavy atom. The molecule has 88 valence electrons. The van der Waals surface area contributed by atoms with Crippen LogP contribution in [-0.4, -0.2) is 13.7 Å². The zero-order valence-electron chi connectivity index (χ0n) is 8.44. The summed E-state index contributed by atoms with van der Waals surface area (Å²) in [4.78, 5) is 0. The second kappa shape index (κ2) is 4.47. The Balaban J connectivity index is 2.24. The Labute approximate surface area is 97.0 Å². The molecule has 16 heavy (non-hydrogen) atoms. The molecule has 3 nitrogen and oxygen atoms in total. The third-order valence-corrected chi connectivity index (χ3v) is 4.96. The number of nitrogens with one attached hydrogen (secondary N) is 1. The highest BCUT2D eigenvalue weighted by molar-refractivity contribution is 8.09. The second-order valence-electron chi connectivity index (χ2n) is 3.30. The Hall–Kier alpha value is -0.390. The van der Waals surface area contributed by atoms with E-state index in [9.17, 15) is 8.78 Å². The lowest BCUT2D eigenvalue weighted by atomic mass is 10.1. The van der Waals surface area contributed by atoms with Gasteiger partial charge in [-0.1, -0.05) is 6.07 Å². The van der Waals surface area contributed by atoms with Gasteiger partial charge in [0.1, 0.15) is 17.7 Å². The van der Waals surface area contributed by atoms with Gasteiger partial charge in [-0.25, -0.2) is 13.9 Å². The minimum Gasteiger partial charge on any atom is -0.321 e. The van der Waals surface area contributed by atoms with Gasteiger partial charge < -0.3 is 9.05 Å². The highest BCUT2D eigenvalue weighted by atomic mass is 32.5. The van der Waals surface area contributed by atoms with Crippen molar-refractivity contribution in [2.45, 2.75) is 6.10 Å². The summed E-state index contributed by atoms with van der Waals surface area (Å²) < 4.78 is 36.6. The molecule has 2 unspecified atom stereocenters. The monoisotopic (exact) mass is 265 g/mol. The maximum atomic E-state index is 13.4. The summed E-state index contributed by atoms with van der Waals surface area (Å²) in [5, 5.41) is 2.89. The molecule has 2 atom stereocenters. The van der Waals surface area contributed by atoms with E-state index in [1.807, 2.05) is 0 Å². The molecule has 0 saturated carbocycles. The predicted octanol–water partition coefficient (Wildman–Crippen LogP) is 2.50. The molecule has 1 fully saturated rings. The summed E-state index contributed by atoms with van der Waals surface area (Å²) in [5.41, 5.74) is 0.290. The Morgan fingerprint density at radius 3 is 2.88 bits per heavy atom. The van der Waals surface area contributed by atoms with E-state index in [2.05, 4.69) is 5.09 Å². The molecular weight excluding hydrogens is 255 g/mol. The molecular formula is C9H10F2NO2PS. The molecule has 0 radical (unpaired) electrons. The number of halogens is 2. The van der Waals surface area contributed by atoms with Crippen molar-refractivity contribution in [2.24, 2.45) is 0 Å². The first-order chi connectivity index (χ1) is 7.54. The van der Waals surface area contributed by atoms with Crippen molar-refractivity contribution in [2.75, 3.05) is 13.7 Å². The summed E-state index contributed by atoms with van der Waals surface area (Å²) in [6.07, 6.45) is -0.522. The molecule has 0 aromatic heterocycles. The molecule has 0 spiro atoms. The predicted molar refractivity (Wildman–Crippen MR) is 59.5 cm³/mol. The molecule has 0 bridgehead atoms. The standard InChI is InChI=1S/C9H10F2NO2PS/c1-13-15(16)12-5-9(14-15)7-3-2-6(10)4-8(7)11/h2-4,9H,5H2,1H3,(H,12,16). The van der Waals surface area contributed by atoms with Crippen molar-refractivity contribution in [3.05, 3.63) is 35.4 Å². The zero-order chi connectivity index (χ0) is 11.8. The van der Waals surface area contributed by atoms with E-state index >= 15 is 0 Å². The smallest absolute Gasteiger partial charge is 0.261 e. The van der Waals surface area contributed by atoms with Gasteiger partial charge in [0.05, 0.1) is 0 Å². The Morgan fingerprint density at radius 1 is 1.56 bits per heavy atom. The van der Waals surface area contributed by atoms with Gasteiger partial charge in [-0.2, -0.15) is 0 Å². The van der Waals surface area contributed by atoms with E-state index in [-0.39, 0.29) is 5.56 Å². The molecule has 0 amide bonds. The maximum Gasteiger partial charge on any atom is 0.261 e. The van der Waals surface area contributed by atoms with E-state index in [0.717, 1.165) is 6.07 Å². The molecule has 7 heteroatoms. The van der Waals surface area contributed by atoms with Crippen LogP contribution in [0.15, 0.2) is 18.2 Å². The van der Waals surface area contributed by atoms with Gasteiger partial charge >= 0.3 is 0 Å². The van der Waals surface area contributed by atoms with Crippen molar-refractivity contribution >= 4 is 18.4 Å². The van der Waals surface area contributed by atoms with Crippen LogP contribution in [0.25, 0.3) is 0 Å². The van der Waals surface area contributed by atoms with Crippen LogP contribution in [-0.2, 0) is 20.9 Å². The minimum atomic E-state index is -2.48. The first-order valence-corrected chi connectivity index (χ1v) is 7.22. The van der Waals surface area contributed by atoms with Crippen LogP contribution in [0.5, 0.6) is 0 Å². The fourth-order valence-corrected chi connectivity index (χ4v) is 3.21. The normalized spacial score (nSPS) is 29.6. The summed E-state index contributed by atoms with van der Waals surface area (Å²) >= 11 is 5.07. The highest BCUT2D eigenvalue weighted by Crippen LogP contribution is 2.52. The molecule has 1 saturated heterocycles. The minimum absolute atomic E-state index is 0.290. The summed E-state index contributed by atoms with van der Waals surface area (Å²) in [6, 6.07) is 3.38. The van der Waals surface area contributed by atoms with Crippen LogP contribution in [0.1, 0.15) is 11.7 Å². The van der Waals surface area contributed by atoms with E-state index < -0.39 is 24.4 Å². The summed E-state index contributed by atoms with van der Waals surface area (Å²) in [7, 11) is 1.44. The van der Waals surface area contributed by atoms with Crippen molar-refractivity contribution in [1.29, 1.82) is 0 Å². The van der Waals surface area contributed by atoms with Crippen LogP contribution in [0, 0.1) is 11.6 Å². The average molecular weight is 265 g/mol. The maximum absolute atomic E-state index is 13.4. The van der Waals surface area contributed by atoms with Gasteiger partial charge in [-0.15, -0.1) is 0 Å². The molecule has 1 N–H and O–H groups in total. The summed E-state index contributed by atoms with van der Waals surface area (Å²) in [5.74, 6) is -1.25. The molecule has 1 heterocycles. The fourth-order valence-electron chi connectivity index (χ4n) is 1.47. The first kappa shape index (κ1) is 12.1. The highest BCUT2D eigenvalue weighted by Gasteiger charge is 2.33. The van der Waals surface area contributed by atoms with Crippen LogP contribution < -0.4 is 5.09 Å². The lowest BCUT2D eigenvalue weighted by Gasteiger charge is -2.14. The molecule has 0 aliphatic carbocycles. The van der Waals surface area contributed by atoms with Gasteiger partial charge in [0.2, 0.25) is 0 Å². The number of hydrogen-bond donors (Lipinski definition) is 1. The molecule has 1 aromatic rings. The number of hydrogen-bond acceptors (Lipinski definition) is 3. The van der Waals surface area contributed by atoms with Crippen LogP contribution in [0.4, 0.5) is 8.78 Å². The van der Waals surface area contributed by atoms with E-state index in [4.69, 9.17) is 20.9 Å². The third-order valence-electron chi connectivity index (χ3n) is 2.29. The van der Waals surface area contributed by atoms with Gasteiger partial charge in [-0.3, -0.25) is 0 Å². The number of benzene rings is 1. The lowest BCUT2D eigenvalue weighted by Crippen LogP contribution is -2.08. The zero-order valence-corrected chi connectivity index (χ0v) is 10.2. The van der Waals surface area contributed by atoms with E-state index in [0.29, 0.717) is 6.54 Å². The van der Waals surface area contributed by atoms with Gasteiger partial charge in [-0.05, 0) is 17.9 Å². The SMILES string of the molecule is COP1(=S)NCC(c2ccc(F)cc2F)O1. The largest absolute Gasteiger partial charge is 0.321 e. The second-order valence-corrected chi connectivity index (χ2v) is 6.63. The average Bonchev–Trinajstić information content (AvgIpc) is 2.62. The first-order valence-electron chi connectivity index (χ1n) is 4.58. The molecule has 1 aliphatic rings. The topological polar surface area (TPSA) is 30.5 Å². The van der Waals surface area contributed by atoms with Crippen molar-refractivity contribution in [3.8, 4) is 0 Å². The lowest BCUT2D eigenvalue weighted by molar-refractivity contribution is 0.228.